The van der Waals surface area contributed by atoms with Crippen molar-refractivity contribution in [2.45, 2.75) is 88.1 Å². The van der Waals surface area contributed by atoms with Crippen molar-refractivity contribution in [2.24, 2.45) is 0 Å². The minimum absolute atomic E-state index is 0.00107. The van der Waals surface area contributed by atoms with Gasteiger partial charge in [0, 0.05) is 45.6 Å². The Kier molecular flexibility index (Phi) is 15.2. The number of carboxylic acids is 1. The van der Waals surface area contributed by atoms with Crippen LogP contribution in [0.25, 0.3) is 0 Å². The van der Waals surface area contributed by atoms with Gasteiger partial charge in [-0.1, -0.05) is 18.2 Å². The molecule has 0 spiro atoms. The Morgan fingerprint density at radius 3 is 2.43 bits per heavy atom. The highest BCUT2D eigenvalue weighted by Crippen LogP contribution is 2.27. The summed E-state index contributed by atoms with van der Waals surface area (Å²) in [6.07, 6.45) is 0.594. The predicted molar refractivity (Wildman–Crippen MR) is 215 cm³/mol. The normalized spacial score (nSPS) is 21.3. The lowest BCUT2D eigenvalue weighted by atomic mass is 9.94. The lowest BCUT2D eigenvalue weighted by Gasteiger charge is -2.36. The van der Waals surface area contributed by atoms with Crippen LogP contribution in [0.3, 0.4) is 0 Å². The quantitative estimate of drug-likeness (QED) is 0.103. The third-order valence-electron chi connectivity index (χ3n) is 10.4. The average molecular weight is 855 g/mol. The van der Waals surface area contributed by atoms with E-state index in [1.54, 1.807) is 30.5 Å². The Balaban J connectivity index is 1.33. The second-order valence-electron chi connectivity index (χ2n) is 14.7. The van der Waals surface area contributed by atoms with E-state index >= 15 is 0 Å². The van der Waals surface area contributed by atoms with Gasteiger partial charge in [-0.05, 0) is 72.7 Å². The number of aliphatic hydroxyl groups is 1. The second kappa shape index (κ2) is 20.3. The molecule has 0 radical (unpaired) electrons. The third-order valence-corrected chi connectivity index (χ3v) is 11.1. The number of imide groups is 1. The van der Waals surface area contributed by atoms with Crippen LogP contribution in [0.4, 0.5) is 9.59 Å². The van der Waals surface area contributed by atoms with E-state index in [2.05, 4.69) is 31.9 Å². The highest BCUT2D eigenvalue weighted by Gasteiger charge is 2.41. The number of aliphatic carboxylic acids is 1. The van der Waals surface area contributed by atoms with Crippen molar-refractivity contribution in [3.63, 3.8) is 0 Å². The number of phenols is 2. The Morgan fingerprint density at radius 1 is 1.00 bits per heavy atom. The second-order valence-corrected chi connectivity index (χ2v) is 15.7. The van der Waals surface area contributed by atoms with Gasteiger partial charge in [-0.3, -0.25) is 29.4 Å². The molecule has 2 fully saturated rings. The molecule has 2 aromatic carbocycles. The maximum absolute atomic E-state index is 14.0. The predicted octanol–water partition coefficient (Wildman–Crippen LogP) is -0.433. The fourth-order valence-electron chi connectivity index (χ4n) is 7.00. The Bertz CT molecular complexity index is 2000. The van der Waals surface area contributed by atoms with Crippen LogP contribution < -0.4 is 31.9 Å². The largest absolute Gasteiger partial charge is 0.508 e. The van der Waals surface area contributed by atoms with E-state index in [0.29, 0.717) is 17.9 Å². The van der Waals surface area contributed by atoms with Crippen molar-refractivity contribution < 1.29 is 58.7 Å². The van der Waals surface area contributed by atoms with E-state index < -0.39 is 84.2 Å². The molecule has 10 N–H and O–H groups in total. The number of hydrogen-bond donors (Lipinski definition) is 10. The van der Waals surface area contributed by atoms with Crippen LogP contribution in [0, 0.1) is 0 Å². The number of ether oxygens (including phenoxy) is 1. The van der Waals surface area contributed by atoms with Gasteiger partial charge < -0.3 is 56.6 Å². The van der Waals surface area contributed by atoms with Crippen LogP contribution in [-0.2, 0) is 48.1 Å². The van der Waals surface area contributed by atoms with E-state index in [1.807, 2.05) is 0 Å². The maximum Gasteiger partial charge on any atom is 0.327 e. The molecule has 324 valence electrons. The minimum atomic E-state index is -1.47. The van der Waals surface area contributed by atoms with Crippen LogP contribution in [0.2, 0.25) is 0 Å². The van der Waals surface area contributed by atoms with Gasteiger partial charge in [0.25, 0.3) is 0 Å². The first kappa shape index (κ1) is 45.0. The van der Waals surface area contributed by atoms with Gasteiger partial charge in [-0.2, -0.15) is 11.8 Å². The number of nitrogens with zero attached hydrogens (tertiary/aromatic N) is 2. The van der Waals surface area contributed by atoms with E-state index in [1.165, 1.54) is 48.8 Å². The molecule has 2 saturated heterocycles. The van der Waals surface area contributed by atoms with Gasteiger partial charge in [0.1, 0.15) is 41.5 Å². The number of carbonyl (C=O) groups excluding carboxylic acids is 6. The molecule has 8 amide bonds. The zero-order valence-corrected chi connectivity index (χ0v) is 34.0. The number of carboxylic acid groups (broad SMARTS) is 1. The van der Waals surface area contributed by atoms with Gasteiger partial charge in [0.05, 0.1) is 12.1 Å². The molecule has 0 aliphatic carbocycles. The number of fused-ring (bicyclic) bond motifs is 1. The zero-order valence-electron chi connectivity index (χ0n) is 33.2. The zero-order chi connectivity index (χ0) is 43.7. The number of hydrogen-bond acceptors (Lipinski definition) is 13. The molecule has 0 aromatic heterocycles. The van der Waals surface area contributed by atoms with Crippen LogP contribution in [-0.4, -0.2) is 140 Å². The summed E-state index contributed by atoms with van der Waals surface area (Å²) in [4.78, 5) is 93.8. The molecule has 60 heavy (non-hydrogen) atoms. The molecule has 0 bridgehead atoms. The lowest BCUT2D eigenvalue weighted by Crippen LogP contribution is -2.62. The molecule has 21 heteroatoms. The number of carbonyl (C=O) groups is 7. The van der Waals surface area contributed by atoms with Crippen molar-refractivity contribution in [3.8, 4) is 11.5 Å². The van der Waals surface area contributed by atoms with Crippen LogP contribution >= 0.6 is 11.8 Å². The highest BCUT2D eigenvalue weighted by molar-refractivity contribution is 7.98. The van der Waals surface area contributed by atoms with Gasteiger partial charge >= 0.3 is 18.0 Å². The first-order valence-corrected chi connectivity index (χ1v) is 20.6. The number of likely N-dealkylation sites (N-methyl/N-ethyl adjacent to an activating group) is 1. The summed E-state index contributed by atoms with van der Waals surface area (Å²) in [5, 5.41) is 55.8. The van der Waals surface area contributed by atoms with Crippen molar-refractivity contribution in [2.75, 3.05) is 25.6 Å². The summed E-state index contributed by atoms with van der Waals surface area (Å²) in [5.74, 6) is -3.49. The maximum atomic E-state index is 14.0. The molecule has 5 rings (SSSR count). The number of rotatable bonds is 16. The number of benzene rings is 2. The van der Waals surface area contributed by atoms with E-state index in [0.717, 1.165) is 22.2 Å². The molecule has 3 aliphatic rings. The molecule has 20 nitrogen and oxygen atoms in total. The molecule has 0 saturated carbocycles. The smallest absolute Gasteiger partial charge is 0.327 e. The third kappa shape index (κ3) is 11.6. The van der Waals surface area contributed by atoms with E-state index in [4.69, 9.17) is 4.74 Å². The van der Waals surface area contributed by atoms with Gasteiger partial charge in [-0.15, -0.1) is 0 Å². The monoisotopic (exact) mass is 854 g/mol. The van der Waals surface area contributed by atoms with Crippen LogP contribution in [0.5, 0.6) is 11.5 Å². The molecule has 2 aromatic rings. The Morgan fingerprint density at radius 2 is 1.73 bits per heavy atom. The van der Waals surface area contributed by atoms with Crippen LogP contribution in [0.15, 0.2) is 54.4 Å². The molecule has 3 aliphatic heterocycles. The standard InChI is InChI=1S/C39H50N8O12S/c1-20(46(2)35(54)28-16-23-15-25(49)8-7-22(23)18-40-28)32(34(53)41-19-26-17-30(50)36(59-26)47-11-9-31(51)44-39(47)58)45-33(52)27(10-12-60-3)42-38(57)43-29(37(55)56)14-21-5-4-6-24(48)13-21/h4-8,13,15,19-20,27-30,32,36,40,48-50H,9-12,14,16-18H2,1-3H3,(H,41,53)(H,45,52)(H,55,56)(H2,42,43,57)(H,44,51,58)/b26-19+. The summed E-state index contributed by atoms with van der Waals surface area (Å²) in [6, 6.07) is 3.07. The summed E-state index contributed by atoms with van der Waals surface area (Å²) in [6.45, 7) is 1.88. The lowest BCUT2D eigenvalue weighted by molar-refractivity contribution is -0.139. The minimum Gasteiger partial charge on any atom is -0.508 e. The summed E-state index contributed by atoms with van der Waals surface area (Å²) in [7, 11) is 1.46. The number of phenolic OH excluding ortho intramolecular Hbond substituents is 2. The van der Waals surface area contributed by atoms with Gasteiger partial charge in [0.2, 0.25) is 29.9 Å². The Labute approximate surface area is 349 Å². The number of nitrogens with one attached hydrogen (secondary N) is 6. The number of urea groups is 2. The number of aromatic hydroxyl groups is 2. The summed E-state index contributed by atoms with van der Waals surface area (Å²) >= 11 is 1.37. The average Bonchev–Trinajstić information content (AvgIpc) is 3.58. The number of aliphatic hydroxyl groups excluding tert-OH is 1. The SMILES string of the molecule is CSCCC(NC(=O)NC(Cc1cccc(O)c1)C(=O)O)C(=O)NC(C(=O)N/C=C1\CC(O)C(N2CCC(=O)NC2=O)O1)C(C)N(C)C(=O)C1Cc2cc(O)ccc2CN1. The molecule has 7 unspecified atom stereocenters. The van der Waals surface area contributed by atoms with Gasteiger partial charge in [0.15, 0.2) is 0 Å². The molecule has 3 heterocycles. The fraction of sp³-hybridized carbons (Fsp3) is 0.462. The first-order chi connectivity index (χ1) is 28.5. The topological polar surface area (TPSA) is 288 Å². The van der Waals surface area contributed by atoms with Crippen LogP contribution in [0.1, 0.15) is 42.9 Å². The Hall–Kier alpha value is -6.06. The molecular formula is C39H50N8O12S. The van der Waals surface area contributed by atoms with Crippen molar-refractivity contribution in [3.05, 3.63) is 71.1 Å². The van der Waals surface area contributed by atoms with Crippen molar-refractivity contribution >= 4 is 53.4 Å². The van der Waals surface area contributed by atoms with E-state index in [-0.39, 0.29) is 55.9 Å². The van der Waals surface area contributed by atoms with E-state index in [9.17, 15) is 54.0 Å². The number of amides is 8. The van der Waals surface area contributed by atoms with Crippen molar-refractivity contribution in [1.82, 2.24) is 41.7 Å². The van der Waals surface area contributed by atoms with Gasteiger partial charge in [-0.25, -0.2) is 14.4 Å². The number of thioether (sulfide) groups is 1. The molecular weight excluding hydrogens is 805 g/mol. The first-order valence-electron chi connectivity index (χ1n) is 19.2. The fourth-order valence-corrected chi connectivity index (χ4v) is 7.47. The molecule has 7 atom stereocenters. The summed E-state index contributed by atoms with van der Waals surface area (Å²) in [5.41, 5.74) is 2.10. The summed E-state index contributed by atoms with van der Waals surface area (Å²) < 4.78 is 5.77. The highest BCUT2D eigenvalue weighted by atomic mass is 32.2. The van der Waals surface area contributed by atoms with Crippen molar-refractivity contribution in [1.29, 1.82) is 0 Å².